The molecule has 146 valence electrons. The van der Waals surface area contributed by atoms with Gasteiger partial charge in [-0.05, 0) is 42.2 Å². The maximum Gasteiger partial charge on any atom is 0.274 e. The van der Waals surface area contributed by atoms with Crippen LogP contribution in [0, 0.1) is 6.92 Å². The summed E-state index contributed by atoms with van der Waals surface area (Å²) in [6.45, 7) is 8.10. The molecular formula is C22H26N4O2. The third-order valence-corrected chi connectivity index (χ3v) is 5.33. The number of aryl methyl sites for hydroxylation is 1. The number of hydrogen-bond donors (Lipinski definition) is 0. The number of anilines is 1. The topological polar surface area (TPSA) is 59.7 Å². The lowest BCUT2D eigenvalue weighted by Crippen LogP contribution is -2.39. The maximum atomic E-state index is 12.1. The number of benzene rings is 1. The highest BCUT2D eigenvalue weighted by Gasteiger charge is 2.23. The Morgan fingerprint density at radius 3 is 2.50 bits per heavy atom. The molecule has 1 aromatic carbocycles. The molecule has 1 saturated heterocycles. The summed E-state index contributed by atoms with van der Waals surface area (Å²) in [6.07, 6.45) is 3.57. The lowest BCUT2D eigenvalue weighted by molar-refractivity contribution is 0.170. The lowest BCUT2D eigenvalue weighted by Gasteiger charge is -2.33. The van der Waals surface area contributed by atoms with Crippen LogP contribution < -0.4 is 15.2 Å². The Kier molecular flexibility index (Phi) is 5.03. The molecule has 0 aliphatic carbocycles. The van der Waals surface area contributed by atoms with Crippen molar-refractivity contribution in [3.63, 3.8) is 0 Å². The van der Waals surface area contributed by atoms with E-state index in [1.54, 1.807) is 0 Å². The van der Waals surface area contributed by atoms with Crippen LogP contribution in [0.15, 0.2) is 47.4 Å². The molecule has 6 heteroatoms. The second-order valence-electron chi connectivity index (χ2n) is 7.73. The highest BCUT2D eigenvalue weighted by Crippen LogP contribution is 2.25. The average Bonchev–Trinajstić information content (AvgIpc) is 2.69. The van der Waals surface area contributed by atoms with Crippen LogP contribution in [-0.4, -0.2) is 33.8 Å². The smallest absolute Gasteiger partial charge is 0.274 e. The number of rotatable bonds is 4. The van der Waals surface area contributed by atoms with Crippen molar-refractivity contribution in [1.82, 2.24) is 14.6 Å². The summed E-state index contributed by atoms with van der Waals surface area (Å²) in [4.78, 5) is 18.5. The summed E-state index contributed by atoms with van der Waals surface area (Å²) >= 11 is 0. The van der Waals surface area contributed by atoms with Gasteiger partial charge >= 0.3 is 0 Å². The minimum atomic E-state index is -0.158. The Labute approximate surface area is 164 Å². The summed E-state index contributed by atoms with van der Waals surface area (Å²) in [6, 6.07) is 11.8. The Morgan fingerprint density at radius 1 is 1.11 bits per heavy atom. The van der Waals surface area contributed by atoms with Crippen molar-refractivity contribution in [1.29, 1.82) is 0 Å². The van der Waals surface area contributed by atoms with Crippen LogP contribution in [-0.2, 0) is 0 Å². The molecule has 6 nitrogen and oxygen atoms in total. The number of ether oxygens (including phenoxy) is 1. The molecule has 4 rings (SSSR count). The third kappa shape index (κ3) is 3.72. The van der Waals surface area contributed by atoms with E-state index in [-0.39, 0.29) is 11.7 Å². The fourth-order valence-electron chi connectivity index (χ4n) is 3.67. The first kappa shape index (κ1) is 18.5. The van der Waals surface area contributed by atoms with Gasteiger partial charge in [0.2, 0.25) is 0 Å². The van der Waals surface area contributed by atoms with E-state index in [1.165, 1.54) is 22.3 Å². The Bertz CT molecular complexity index is 1020. The first-order valence-electron chi connectivity index (χ1n) is 9.88. The lowest BCUT2D eigenvalue weighted by atomic mass is 10.0. The van der Waals surface area contributed by atoms with Gasteiger partial charge in [-0.2, -0.15) is 4.52 Å². The fourth-order valence-corrected chi connectivity index (χ4v) is 3.67. The zero-order valence-corrected chi connectivity index (χ0v) is 16.6. The average molecular weight is 378 g/mol. The Hall–Kier alpha value is -2.89. The number of piperidine rings is 1. The number of fused-ring (bicyclic) bond motifs is 1. The van der Waals surface area contributed by atoms with Crippen molar-refractivity contribution in [2.45, 2.75) is 45.6 Å². The first-order valence-corrected chi connectivity index (χ1v) is 9.88. The van der Waals surface area contributed by atoms with Crippen molar-refractivity contribution in [3.8, 4) is 5.75 Å². The summed E-state index contributed by atoms with van der Waals surface area (Å²) in [5.41, 5.74) is 2.78. The van der Waals surface area contributed by atoms with Crippen LogP contribution in [0.1, 0.15) is 43.7 Å². The van der Waals surface area contributed by atoms with Crippen molar-refractivity contribution in [3.05, 3.63) is 64.1 Å². The second-order valence-corrected chi connectivity index (χ2v) is 7.73. The highest BCUT2D eigenvalue weighted by molar-refractivity contribution is 5.52. The van der Waals surface area contributed by atoms with Gasteiger partial charge in [-0.1, -0.05) is 26.0 Å². The predicted molar refractivity (Wildman–Crippen MR) is 110 cm³/mol. The second kappa shape index (κ2) is 7.62. The van der Waals surface area contributed by atoms with E-state index in [1.807, 2.05) is 13.0 Å². The van der Waals surface area contributed by atoms with Gasteiger partial charge in [0.25, 0.3) is 5.56 Å². The number of hydrogen-bond acceptors (Lipinski definition) is 5. The summed E-state index contributed by atoms with van der Waals surface area (Å²) < 4.78 is 7.56. The molecular weight excluding hydrogens is 352 g/mol. The van der Waals surface area contributed by atoms with E-state index in [0.717, 1.165) is 43.1 Å². The van der Waals surface area contributed by atoms with Crippen molar-refractivity contribution < 1.29 is 4.74 Å². The predicted octanol–water partition coefficient (Wildman–Crippen LogP) is 3.57. The molecule has 3 aromatic rings. The van der Waals surface area contributed by atoms with E-state index in [0.29, 0.717) is 11.6 Å². The zero-order valence-electron chi connectivity index (χ0n) is 16.6. The minimum Gasteiger partial charge on any atom is -0.490 e. The molecule has 0 N–H and O–H groups in total. The molecule has 1 aliphatic heterocycles. The van der Waals surface area contributed by atoms with Gasteiger partial charge in [-0.25, -0.2) is 4.98 Å². The zero-order chi connectivity index (χ0) is 19.7. The molecule has 0 unspecified atom stereocenters. The monoisotopic (exact) mass is 378 g/mol. The van der Waals surface area contributed by atoms with Crippen LogP contribution in [0.2, 0.25) is 0 Å². The standard InChI is InChI=1S/C22H26N4O2/c1-15(2)17-4-6-18(7-5-17)28-19-9-12-25(13-10-19)22-16(3)14-20-23-11-8-21(27)26(20)24-22/h4-8,11,14-15,19H,9-10,12-13H2,1-3H3. The molecule has 0 atom stereocenters. The number of nitrogens with zero attached hydrogens (tertiary/aromatic N) is 4. The van der Waals surface area contributed by atoms with E-state index in [4.69, 9.17) is 4.74 Å². The molecule has 0 amide bonds. The molecule has 2 aromatic heterocycles. The fraction of sp³-hybridized carbons (Fsp3) is 0.409. The van der Waals surface area contributed by atoms with E-state index in [2.05, 4.69) is 53.1 Å². The molecule has 1 aliphatic rings. The van der Waals surface area contributed by atoms with Gasteiger partial charge in [-0.15, -0.1) is 5.10 Å². The molecule has 0 radical (unpaired) electrons. The Morgan fingerprint density at radius 2 is 1.82 bits per heavy atom. The van der Waals surface area contributed by atoms with Crippen LogP contribution in [0.5, 0.6) is 5.75 Å². The maximum absolute atomic E-state index is 12.1. The summed E-state index contributed by atoms with van der Waals surface area (Å²) in [5, 5.41) is 4.56. The van der Waals surface area contributed by atoms with E-state index < -0.39 is 0 Å². The van der Waals surface area contributed by atoms with Gasteiger partial charge in [0.15, 0.2) is 11.5 Å². The van der Waals surface area contributed by atoms with E-state index >= 15 is 0 Å². The van der Waals surface area contributed by atoms with Crippen molar-refractivity contribution in [2.75, 3.05) is 18.0 Å². The molecule has 0 spiro atoms. The van der Waals surface area contributed by atoms with Crippen LogP contribution in [0.4, 0.5) is 5.82 Å². The summed E-state index contributed by atoms with van der Waals surface area (Å²) in [7, 11) is 0. The van der Waals surface area contributed by atoms with Gasteiger partial charge in [0.1, 0.15) is 11.9 Å². The normalized spacial score (nSPS) is 15.4. The molecule has 28 heavy (non-hydrogen) atoms. The van der Waals surface area contributed by atoms with Crippen molar-refractivity contribution >= 4 is 11.5 Å². The molecule has 0 saturated carbocycles. The van der Waals surface area contributed by atoms with Gasteiger partial charge < -0.3 is 9.64 Å². The Balaban J connectivity index is 1.44. The quantitative estimate of drug-likeness (QED) is 0.695. The largest absolute Gasteiger partial charge is 0.490 e. The van der Waals surface area contributed by atoms with Crippen LogP contribution in [0.3, 0.4) is 0 Å². The van der Waals surface area contributed by atoms with E-state index in [9.17, 15) is 4.79 Å². The van der Waals surface area contributed by atoms with Gasteiger partial charge in [-0.3, -0.25) is 4.79 Å². The van der Waals surface area contributed by atoms with Gasteiger partial charge in [0.05, 0.1) is 0 Å². The van der Waals surface area contributed by atoms with Crippen molar-refractivity contribution in [2.24, 2.45) is 0 Å². The SMILES string of the molecule is Cc1cc2nccc(=O)n2nc1N1CCC(Oc2ccc(C(C)C)cc2)CC1. The number of aromatic nitrogens is 3. The summed E-state index contributed by atoms with van der Waals surface area (Å²) in [5.74, 6) is 2.31. The van der Waals surface area contributed by atoms with Crippen LogP contribution in [0.25, 0.3) is 5.65 Å². The molecule has 3 heterocycles. The molecule has 1 fully saturated rings. The minimum absolute atomic E-state index is 0.158. The van der Waals surface area contributed by atoms with Gasteiger partial charge in [0, 0.05) is 38.2 Å². The molecule has 0 bridgehead atoms. The highest BCUT2D eigenvalue weighted by atomic mass is 16.5. The third-order valence-electron chi connectivity index (χ3n) is 5.33. The van der Waals surface area contributed by atoms with Crippen LogP contribution >= 0.6 is 0 Å². The first-order chi connectivity index (χ1) is 13.5.